The van der Waals surface area contributed by atoms with Gasteiger partial charge in [0.05, 0.1) is 12.2 Å². The first-order valence-corrected chi connectivity index (χ1v) is 8.52. The molecule has 0 fully saturated rings. The van der Waals surface area contributed by atoms with Gasteiger partial charge >= 0.3 is 0 Å². The molecule has 0 bridgehead atoms. The zero-order chi connectivity index (χ0) is 18.4. The number of carbonyl (C=O) groups excluding carboxylic acids is 1. The molecule has 2 heterocycles. The molecule has 0 radical (unpaired) electrons. The van der Waals surface area contributed by atoms with E-state index in [0.717, 1.165) is 16.8 Å². The molecule has 3 aromatic rings. The third kappa shape index (κ3) is 4.77. The number of carbonyl (C=O) groups is 1. The highest BCUT2D eigenvalue weighted by molar-refractivity contribution is 5.77. The second kappa shape index (κ2) is 8.40. The SMILES string of the molecule is CN(CC(=O)N(C)Cc1ccc(-n2cccn2)cc1)Cc1cccnc1. The quantitative estimate of drug-likeness (QED) is 0.657. The van der Waals surface area contributed by atoms with E-state index in [1.807, 2.05) is 78.5 Å². The second-order valence-electron chi connectivity index (χ2n) is 6.40. The van der Waals surface area contributed by atoms with Crippen molar-refractivity contribution in [2.24, 2.45) is 0 Å². The Kier molecular flexibility index (Phi) is 5.76. The summed E-state index contributed by atoms with van der Waals surface area (Å²) in [6.07, 6.45) is 7.23. The van der Waals surface area contributed by atoms with Crippen molar-refractivity contribution in [3.63, 3.8) is 0 Å². The first kappa shape index (κ1) is 17.8. The Morgan fingerprint density at radius 3 is 2.46 bits per heavy atom. The summed E-state index contributed by atoms with van der Waals surface area (Å²) in [6, 6.07) is 13.9. The number of benzene rings is 1. The minimum absolute atomic E-state index is 0.0903. The Morgan fingerprint density at radius 2 is 1.81 bits per heavy atom. The van der Waals surface area contributed by atoms with E-state index in [1.54, 1.807) is 17.3 Å². The van der Waals surface area contributed by atoms with Gasteiger partial charge in [-0.15, -0.1) is 0 Å². The monoisotopic (exact) mass is 349 g/mol. The van der Waals surface area contributed by atoms with E-state index in [1.165, 1.54) is 0 Å². The summed E-state index contributed by atoms with van der Waals surface area (Å²) in [6.45, 7) is 1.65. The molecule has 0 saturated carbocycles. The molecule has 0 aliphatic carbocycles. The number of amides is 1. The van der Waals surface area contributed by atoms with Gasteiger partial charge in [-0.2, -0.15) is 5.10 Å². The smallest absolute Gasteiger partial charge is 0.236 e. The van der Waals surface area contributed by atoms with Gasteiger partial charge in [-0.25, -0.2) is 4.68 Å². The molecule has 134 valence electrons. The molecule has 0 aliphatic heterocycles. The fourth-order valence-corrected chi connectivity index (χ4v) is 2.75. The lowest BCUT2D eigenvalue weighted by Crippen LogP contribution is -2.36. The molecule has 0 aliphatic rings. The largest absolute Gasteiger partial charge is 0.340 e. The van der Waals surface area contributed by atoms with Crippen molar-refractivity contribution < 1.29 is 4.79 Å². The Balaban J connectivity index is 1.52. The van der Waals surface area contributed by atoms with Crippen LogP contribution in [0.4, 0.5) is 0 Å². The summed E-state index contributed by atoms with van der Waals surface area (Å²) in [5.41, 5.74) is 3.19. The Morgan fingerprint density at radius 1 is 1.00 bits per heavy atom. The number of pyridine rings is 1. The van der Waals surface area contributed by atoms with Crippen molar-refractivity contribution in [1.82, 2.24) is 24.6 Å². The van der Waals surface area contributed by atoms with Gasteiger partial charge in [0.15, 0.2) is 0 Å². The minimum Gasteiger partial charge on any atom is -0.340 e. The number of nitrogens with zero attached hydrogens (tertiary/aromatic N) is 5. The van der Waals surface area contributed by atoms with E-state index in [-0.39, 0.29) is 5.91 Å². The van der Waals surface area contributed by atoms with Gasteiger partial charge in [-0.3, -0.25) is 14.7 Å². The van der Waals surface area contributed by atoms with Crippen LogP contribution < -0.4 is 0 Å². The van der Waals surface area contributed by atoms with Gasteiger partial charge in [0.2, 0.25) is 5.91 Å². The van der Waals surface area contributed by atoms with Crippen LogP contribution in [0.15, 0.2) is 67.3 Å². The average Bonchev–Trinajstić information content (AvgIpc) is 3.17. The fourth-order valence-electron chi connectivity index (χ4n) is 2.75. The molecule has 3 rings (SSSR count). The molecule has 6 nitrogen and oxygen atoms in total. The van der Waals surface area contributed by atoms with Crippen LogP contribution >= 0.6 is 0 Å². The van der Waals surface area contributed by atoms with Gasteiger partial charge in [-0.1, -0.05) is 18.2 Å². The van der Waals surface area contributed by atoms with Crippen LogP contribution in [0.5, 0.6) is 0 Å². The fraction of sp³-hybridized carbons (Fsp3) is 0.250. The molecule has 0 unspecified atom stereocenters. The highest BCUT2D eigenvalue weighted by Crippen LogP contribution is 2.10. The summed E-state index contributed by atoms with van der Waals surface area (Å²) in [7, 11) is 3.78. The van der Waals surface area contributed by atoms with Crippen LogP contribution in [-0.2, 0) is 17.9 Å². The van der Waals surface area contributed by atoms with E-state index in [2.05, 4.69) is 10.1 Å². The molecule has 6 heteroatoms. The third-order valence-electron chi connectivity index (χ3n) is 4.13. The van der Waals surface area contributed by atoms with Crippen LogP contribution in [0.2, 0.25) is 0 Å². The van der Waals surface area contributed by atoms with Crippen molar-refractivity contribution in [2.45, 2.75) is 13.1 Å². The van der Waals surface area contributed by atoms with Crippen molar-refractivity contribution in [2.75, 3.05) is 20.6 Å². The van der Waals surface area contributed by atoms with Crippen LogP contribution in [0.1, 0.15) is 11.1 Å². The maximum absolute atomic E-state index is 12.5. The molecular formula is C20H23N5O. The number of rotatable bonds is 7. The van der Waals surface area contributed by atoms with Crippen LogP contribution in [0, 0.1) is 0 Å². The van der Waals surface area contributed by atoms with Crippen molar-refractivity contribution in [3.8, 4) is 5.69 Å². The second-order valence-corrected chi connectivity index (χ2v) is 6.40. The summed E-state index contributed by atoms with van der Waals surface area (Å²) in [5, 5.41) is 4.21. The van der Waals surface area contributed by atoms with E-state index >= 15 is 0 Å². The van der Waals surface area contributed by atoms with Gasteiger partial charge in [0, 0.05) is 44.9 Å². The predicted octanol–water partition coefficient (Wildman–Crippen LogP) is 2.36. The lowest BCUT2D eigenvalue weighted by molar-refractivity contribution is -0.131. The van der Waals surface area contributed by atoms with Gasteiger partial charge in [0.25, 0.3) is 0 Å². The minimum atomic E-state index is 0.0903. The zero-order valence-corrected chi connectivity index (χ0v) is 15.1. The average molecular weight is 349 g/mol. The Bertz CT molecular complexity index is 815. The van der Waals surface area contributed by atoms with E-state index < -0.39 is 0 Å². The molecule has 0 N–H and O–H groups in total. The van der Waals surface area contributed by atoms with Crippen LogP contribution in [0.3, 0.4) is 0 Å². The van der Waals surface area contributed by atoms with E-state index in [0.29, 0.717) is 19.6 Å². The van der Waals surface area contributed by atoms with E-state index in [9.17, 15) is 4.79 Å². The number of hydrogen-bond acceptors (Lipinski definition) is 4. The molecule has 26 heavy (non-hydrogen) atoms. The molecule has 2 aromatic heterocycles. The highest BCUT2D eigenvalue weighted by atomic mass is 16.2. The standard InChI is InChI=1S/C20H23N5O/c1-23(14-18-5-3-10-21-13-18)16-20(26)24(2)15-17-6-8-19(9-7-17)25-12-4-11-22-25/h3-13H,14-16H2,1-2H3. The Labute approximate surface area is 153 Å². The van der Waals surface area contributed by atoms with Crippen molar-refractivity contribution >= 4 is 5.91 Å². The van der Waals surface area contributed by atoms with Crippen LogP contribution in [0.25, 0.3) is 5.69 Å². The van der Waals surface area contributed by atoms with Crippen molar-refractivity contribution in [1.29, 1.82) is 0 Å². The lowest BCUT2D eigenvalue weighted by Gasteiger charge is -2.22. The van der Waals surface area contributed by atoms with Gasteiger partial charge in [0.1, 0.15) is 0 Å². The first-order chi connectivity index (χ1) is 12.6. The number of hydrogen-bond donors (Lipinski definition) is 0. The molecule has 0 atom stereocenters. The first-order valence-electron chi connectivity index (χ1n) is 8.52. The highest BCUT2D eigenvalue weighted by Gasteiger charge is 2.12. The molecule has 0 saturated heterocycles. The lowest BCUT2D eigenvalue weighted by atomic mass is 10.2. The molecule has 1 amide bonds. The van der Waals surface area contributed by atoms with Crippen molar-refractivity contribution in [3.05, 3.63) is 78.4 Å². The number of aromatic nitrogens is 3. The predicted molar refractivity (Wildman–Crippen MR) is 101 cm³/mol. The molecule has 1 aromatic carbocycles. The Hall–Kier alpha value is -2.99. The normalized spacial score (nSPS) is 10.9. The summed E-state index contributed by atoms with van der Waals surface area (Å²) < 4.78 is 1.81. The number of likely N-dealkylation sites (N-methyl/N-ethyl adjacent to an activating group) is 2. The maximum Gasteiger partial charge on any atom is 0.236 e. The molecular weight excluding hydrogens is 326 g/mol. The third-order valence-corrected chi connectivity index (χ3v) is 4.13. The topological polar surface area (TPSA) is 54.3 Å². The molecule has 0 spiro atoms. The van der Waals surface area contributed by atoms with Gasteiger partial charge in [-0.05, 0) is 42.4 Å². The summed E-state index contributed by atoms with van der Waals surface area (Å²) >= 11 is 0. The van der Waals surface area contributed by atoms with Gasteiger partial charge < -0.3 is 4.90 Å². The zero-order valence-electron chi connectivity index (χ0n) is 15.1. The maximum atomic E-state index is 12.5. The van der Waals surface area contributed by atoms with Crippen LogP contribution in [-0.4, -0.2) is 51.1 Å². The summed E-state index contributed by atoms with van der Waals surface area (Å²) in [5.74, 6) is 0.0903. The summed E-state index contributed by atoms with van der Waals surface area (Å²) in [4.78, 5) is 20.3. The van der Waals surface area contributed by atoms with E-state index in [4.69, 9.17) is 0 Å².